The quantitative estimate of drug-likeness (QED) is 0.639. The SMILES string of the molecule is C=CCSc1ccccc1NS(=O)(=O)C(C)C. The van der Waals surface area contributed by atoms with Crippen LogP contribution < -0.4 is 4.72 Å². The maximum Gasteiger partial charge on any atom is 0.235 e. The van der Waals surface area contributed by atoms with Crippen LogP contribution in [0.25, 0.3) is 0 Å². The lowest BCUT2D eigenvalue weighted by Gasteiger charge is -2.13. The molecule has 17 heavy (non-hydrogen) atoms. The van der Waals surface area contributed by atoms with Crippen LogP contribution in [0.3, 0.4) is 0 Å². The highest BCUT2D eigenvalue weighted by Gasteiger charge is 2.16. The van der Waals surface area contributed by atoms with Gasteiger partial charge in [-0.25, -0.2) is 8.42 Å². The lowest BCUT2D eigenvalue weighted by Crippen LogP contribution is -2.22. The molecule has 94 valence electrons. The standard InChI is InChI=1S/C12H17NO2S2/c1-4-9-16-12-8-6-5-7-11(12)13-17(14,15)10(2)3/h4-8,10,13H,1,9H2,2-3H3. The summed E-state index contributed by atoms with van der Waals surface area (Å²) in [5.41, 5.74) is 0.632. The molecule has 3 nitrogen and oxygen atoms in total. The minimum absolute atomic E-state index is 0.444. The molecular weight excluding hydrogens is 254 g/mol. The van der Waals surface area contributed by atoms with Crippen LogP contribution in [-0.2, 0) is 10.0 Å². The smallest absolute Gasteiger partial charge is 0.235 e. The molecule has 0 bridgehead atoms. The van der Waals surface area contributed by atoms with E-state index in [2.05, 4.69) is 11.3 Å². The summed E-state index contributed by atoms with van der Waals surface area (Å²) in [5, 5.41) is -0.444. The number of nitrogens with one attached hydrogen (secondary N) is 1. The minimum Gasteiger partial charge on any atom is -0.282 e. The molecule has 0 atom stereocenters. The second-order valence-electron chi connectivity index (χ2n) is 3.79. The van der Waals surface area contributed by atoms with E-state index in [1.54, 1.807) is 37.8 Å². The van der Waals surface area contributed by atoms with E-state index in [0.717, 1.165) is 10.6 Å². The summed E-state index contributed by atoms with van der Waals surface area (Å²) >= 11 is 1.55. The van der Waals surface area contributed by atoms with Crippen LogP contribution in [0.1, 0.15) is 13.8 Å². The second kappa shape index (κ2) is 6.12. The van der Waals surface area contributed by atoms with Gasteiger partial charge in [0.05, 0.1) is 10.9 Å². The number of rotatable bonds is 6. The first-order chi connectivity index (χ1) is 7.97. The Morgan fingerprint density at radius 2 is 2.06 bits per heavy atom. The highest BCUT2D eigenvalue weighted by molar-refractivity contribution is 7.99. The number of benzene rings is 1. The third-order valence-corrected chi connectivity index (χ3v) is 4.93. The molecule has 0 aliphatic rings. The second-order valence-corrected chi connectivity index (χ2v) is 7.09. The predicted octanol–water partition coefficient (Wildman–Crippen LogP) is 3.11. The molecule has 0 radical (unpaired) electrons. The van der Waals surface area contributed by atoms with Crippen molar-refractivity contribution in [2.75, 3.05) is 10.5 Å². The first-order valence-electron chi connectivity index (χ1n) is 5.31. The highest BCUT2D eigenvalue weighted by Crippen LogP contribution is 2.28. The zero-order valence-corrected chi connectivity index (χ0v) is 11.6. The fourth-order valence-corrected chi connectivity index (χ4v) is 2.63. The Morgan fingerprint density at radius 1 is 1.41 bits per heavy atom. The summed E-state index contributed by atoms with van der Waals surface area (Å²) in [5.74, 6) is 0.750. The Bertz CT molecular complexity index is 481. The van der Waals surface area contributed by atoms with Crippen molar-refractivity contribution in [1.82, 2.24) is 0 Å². The van der Waals surface area contributed by atoms with E-state index in [1.165, 1.54) is 0 Å². The number of anilines is 1. The average molecular weight is 271 g/mol. The van der Waals surface area contributed by atoms with Crippen LogP contribution in [0.15, 0.2) is 41.8 Å². The van der Waals surface area contributed by atoms with Crippen molar-refractivity contribution in [3.8, 4) is 0 Å². The van der Waals surface area contributed by atoms with Gasteiger partial charge in [-0.05, 0) is 26.0 Å². The van der Waals surface area contributed by atoms with Gasteiger partial charge in [-0.2, -0.15) is 0 Å². The van der Waals surface area contributed by atoms with Gasteiger partial charge in [0.2, 0.25) is 10.0 Å². The molecule has 1 N–H and O–H groups in total. The van der Waals surface area contributed by atoms with Gasteiger partial charge >= 0.3 is 0 Å². The average Bonchev–Trinajstić information content (AvgIpc) is 2.27. The van der Waals surface area contributed by atoms with Gasteiger partial charge in [-0.15, -0.1) is 18.3 Å². The molecular formula is C12H17NO2S2. The largest absolute Gasteiger partial charge is 0.282 e. The zero-order chi connectivity index (χ0) is 12.9. The zero-order valence-electron chi connectivity index (χ0n) is 10.0. The molecule has 0 saturated carbocycles. The number of thioether (sulfide) groups is 1. The first kappa shape index (κ1) is 14.1. The van der Waals surface area contributed by atoms with Gasteiger partial charge in [0.25, 0.3) is 0 Å². The number of hydrogen-bond acceptors (Lipinski definition) is 3. The van der Waals surface area contributed by atoms with Crippen LogP contribution in [0.4, 0.5) is 5.69 Å². The molecule has 5 heteroatoms. The van der Waals surface area contributed by atoms with Gasteiger partial charge in [0.15, 0.2) is 0 Å². The molecule has 0 spiro atoms. The van der Waals surface area contributed by atoms with Gasteiger partial charge in [-0.1, -0.05) is 18.2 Å². The fraction of sp³-hybridized carbons (Fsp3) is 0.333. The molecule has 1 rings (SSSR count). The lowest BCUT2D eigenvalue weighted by atomic mass is 10.3. The maximum absolute atomic E-state index is 11.8. The van der Waals surface area contributed by atoms with Gasteiger partial charge < -0.3 is 0 Å². The third kappa shape index (κ3) is 4.09. The molecule has 0 aliphatic carbocycles. The van der Waals surface area contributed by atoms with Crippen molar-refractivity contribution in [3.63, 3.8) is 0 Å². The van der Waals surface area contributed by atoms with Crippen LogP contribution in [0.2, 0.25) is 0 Å². The number of para-hydroxylation sites is 1. The van der Waals surface area contributed by atoms with Gasteiger partial charge in [0, 0.05) is 10.6 Å². The van der Waals surface area contributed by atoms with Crippen LogP contribution in [-0.4, -0.2) is 19.4 Å². The predicted molar refractivity (Wildman–Crippen MR) is 75.0 cm³/mol. The Kier molecular flexibility index (Phi) is 5.08. The molecule has 0 heterocycles. The fourth-order valence-electron chi connectivity index (χ4n) is 1.10. The molecule has 0 fully saturated rings. The first-order valence-corrected chi connectivity index (χ1v) is 7.85. The normalized spacial score (nSPS) is 11.5. The third-order valence-electron chi connectivity index (χ3n) is 2.12. The number of hydrogen-bond donors (Lipinski definition) is 1. The molecule has 1 aromatic carbocycles. The molecule has 0 unspecified atom stereocenters. The molecule has 0 aromatic heterocycles. The molecule has 0 amide bonds. The monoisotopic (exact) mass is 271 g/mol. The van der Waals surface area contributed by atoms with Gasteiger partial charge in [-0.3, -0.25) is 4.72 Å². The van der Waals surface area contributed by atoms with Crippen molar-refractivity contribution in [2.24, 2.45) is 0 Å². The van der Waals surface area contributed by atoms with Gasteiger partial charge in [0.1, 0.15) is 0 Å². The highest BCUT2D eigenvalue weighted by atomic mass is 32.2. The van der Waals surface area contributed by atoms with Crippen LogP contribution in [0.5, 0.6) is 0 Å². The van der Waals surface area contributed by atoms with Crippen molar-refractivity contribution in [2.45, 2.75) is 24.0 Å². The van der Waals surface area contributed by atoms with E-state index >= 15 is 0 Å². The van der Waals surface area contributed by atoms with E-state index in [-0.39, 0.29) is 0 Å². The number of sulfonamides is 1. The summed E-state index contributed by atoms with van der Waals surface area (Å²) in [6.07, 6.45) is 1.79. The molecule has 0 saturated heterocycles. The van der Waals surface area contributed by atoms with Crippen molar-refractivity contribution in [1.29, 1.82) is 0 Å². The summed E-state index contributed by atoms with van der Waals surface area (Å²) in [6.45, 7) is 6.96. The van der Waals surface area contributed by atoms with Crippen LogP contribution in [0, 0.1) is 0 Å². The Labute approximate surface area is 107 Å². The van der Waals surface area contributed by atoms with Crippen molar-refractivity contribution < 1.29 is 8.42 Å². The summed E-state index contributed by atoms with van der Waals surface area (Å²) < 4.78 is 26.2. The lowest BCUT2D eigenvalue weighted by molar-refractivity contribution is 0.592. The van der Waals surface area contributed by atoms with Crippen molar-refractivity contribution in [3.05, 3.63) is 36.9 Å². The summed E-state index contributed by atoms with van der Waals surface area (Å²) in [7, 11) is -3.29. The van der Waals surface area contributed by atoms with E-state index in [1.807, 2.05) is 18.2 Å². The van der Waals surface area contributed by atoms with E-state index in [4.69, 9.17) is 0 Å². The molecule has 1 aromatic rings. The molecule has 0 aliphatic heterocycles. The Hall–Kier alpha value is -0.940. The summed E-state index contributed by atoms with van der Waals surface area (Å²) in [6, 6.07) is 7.37. The maximum atomic E-state index is 11.8. The van der Waals surface area contributed by atoms with E-state index < -0.39 is 15.3 Å². The topological polar surface area (TPSA) is 46.2 Å². The summed E-state index contributed by atoms with van der Waals surface area (Å²) in [4.78, 5) is 0.914. The van der Waals surface area contributed by atoms with E-state index in [9.17, 15) is 8.42 Å². The Morgan fingerprint density at radius 3 is 2.65 bits per heavy atom. The minimum atomic E-state index is -3.29. The Balaban J connectivity index is 2.94. The van der Waals surface area contributed by atoms with Crippen LogP contribution >= 0.6 is 11.8 Å². The van der Waals surface area contributed by atoms with E-state index in [0.29, 0.717) is 5.69 Å². The van der Waals surface area contributed by atoms with Crippen molar-refractivity contribution >= 4 is 27.5 Å².